The van der Waals surface area contributed by atoms with E-state index in [0.29, 0.717) is 51.4 Å². The molecule has 0 aromatic heterocycles. The predicted octanol–water partition coefficient (Wildman–Crippen LogP) is 3.26. The number of piperidine rings is 1. The summed E-state index contributed by atoms with van der Waals surface area (Å²) in [6, 6.07) is 5.76. The first-order valence-corrected chi connectivity index (χ1v) is 9.53. The van der Waals surface area contributed by atoms with Gasteiger partial charge in [-0.2, -0.15) is 13.2 Å². The van der Waals surface area contributed by atoms with E-state index < -0.39 is 18.1 Å². The number of nitrogens with zero attached hydrogens (tertiary/aromatic N) is 2. The predicted molar refractivity (Wildman–Crippen MR) is 94.9 cm³/mol. The smallest absolute Gasteiger partial charge is 0.404 e. The van der Waals surface area contributed by atoms with Crippen molar-refractivity contribution >= 4 is 11.7 Å². The van der Waals surface area contributed by atoms with Crippen LogP contribution in [0, 0.1) is 11.8 Å². The first kappa shape index (κ1) is 18.4. The van der Waals surface area contributed by atoms with E-state index in [1.807, 2.05) is 24.3 Å². The summed E-state index contributed by atoms with van der Waals surface area (Å²) in [4.78, 5) is 16.4. The number of hydrogen-bond acceptors (Lipinski definition) is 3. The van der Waals surface area contributed by atoms with Gasteiger partial charge in [0.05, 0.1) is 12.2 Å². The van der Waals surface area contributed by atoms with Crippen molar-refractivity contribution in [2.24, 2.45) is 11.8 Å². The van der Waals surface area contributed by atoms with Crippen LogP contribution < -0.4 is 15.0 Å². The second-order valence-corrected chi connectivity index (χ2v) is 7.52. The van der Waals surface area contributed by atoms with Crippen LogP contribution in [0.4, 0.5) is 23.7 Å². The fraction of sp³-hybridized carbons (Fsp3) is 0.632. The van der Waals surface area contributed by atoms with Crippen LogP contribution in [0.15, 0.2) is 24.3 Å². The number of nitrogens with one attached hydrogen (secondary N) is 1. The zero-order valence-electron chi connectivity index (χ0n) is 15.0. The van der Waals surface area contributed by atoms with Crippen molar-refractivity contribution in [3.05, 3.63) is 24.3 Å². The molecular formula is C19H24F3N3O2. The SMILES string of the molecule is O=C(N1CCC(C2CCCNC2C(F)(F)F)C1)N1CCOc2ccccc21. The number of rotatable bonds is 1. The first-order chi connectivity index (χ1) is 12.9. The van der Waals surface area contributed by atoms with Crippen molar-refractivity contribution in [1.82, 2.24) is 10.2 Å². The highest BCUT2D eigenvalue weighted by Crippen LogP contribution is 2.39. The van der Waals surface area contributed by atoms with Crippen LogP contribution in [0.5, 0.6) is 5.75 Å². The molecule has 0 bridgehead atoms. The fourth-order valence-corrected chi connectivity index (χ4v) is 4.63. The molecular weight excluding hydrogens is 359 g/mol. The van der Waals surface area contributed by atoms with Crippen LogP contribution in [-0.2, 0) is 0 Å². The van der Waals surface area contributed by atoms with Gasteiger partial charge in [-0.25, -0.2) is 4.79 Å². The molecule has 3 unspecified atom stereocenters. The summed E-state index contributed by atoms with van der Waals surface area (Å²) in [5.41, 5.74) is 0.727. The molecule has 1 aromatic rings. The molecule has 0 aliphatic carbocycles. The largest absolute Gasteiger partial charge is 0.490 e. The standard InChI is InChI=1S/C19H24F3N3O2/c20-19(21,22)17-14(4-3-8-23-17)13-7-9-24(12-13)18(26)25-10-11-27-16-6-2-1-5-15(16)25/h1-2,5-6,13-14,17,23H,3-4,7-12H2. The highest BCUT2D eigenvalue weighted by Gasteiger charge is 2.49. The van der Waals surface area contributed by atoms with E-state index in [0.717, 1.165) is 12.1 Å². The number of benzene rings is 1. The molecule has 0 saturated carbocycles. The van der Waals surface area contributed by atoms with Crippen molar-refractivity contribution in [1.29, 1.82) is 0 Å². The van der Waals surface area contributed by atoms with Crippen molar-refractivity contribution in [3.63, 3.8) is 0 Å². The van der Waals surface area contributed by atoms with Crippen LogP contribution in [0.1, 0.15) is 19.3 Å². The maximum atomic E-state index is 13.4. The van der Waals surface area contributed by atoms with Crippen molar-refractivity contribution in [3.8, 4) is 5.75 Å². The zero-order chi connectivity index (χ0) is 19.0. The number of hydrogen-bond donors (Lipinski definition) is 1. The molecule has 2 saturated heterocycles. The molecule has 2 amide bonds. The average molecular weight is 383 g/mol. The highest BCUT2D eigenvalue weighted by atomic mass is 19.4. The van der Waals surface area contributed by atoms with Crippen LogP contribution in [0.2, 0.25) is 0 Å². The summed E-state index contributed by atoms with van der Waals surface area (Å²) in [5.74, 6) is 0.0830. The Labute approximate surface area is 156 Å². The minimum Gasteiger partial charge on any atom is -0.490 e. The Bertz CT molecular complexity index is 697. The summed E-state index contributed by atoms with van der Waals surface area (Å²) >= 11 is 0. The van der Waals surface area contributed by atoms with Gasteiger partial charge in [0.1, 0.15) is 18.4 Å². The Morgan fingerprint density at radius 1 is 1.19 bits per heavy atom. The summed E-state index contributed by atoms with van der Waals surface area (Å²) in [5, 5.41) is 2.65. The average Bonchev–Trinajstić information content (AvgIpc) is 3.16. The number of fused-ring (bicyclic) bond motifs is 1. The van der Waals surface area contributed by atoms with Crippen molar-refractivity contribution in [2.45, 2.75) is 31.5 Å². The van der Waals surface area contributed by atoms with E-state index in [1.165, 1.54) is 0 Å². The van der Waals surface area contributed by atoms with Gasteiger partial charge >= 0.3 is 12.2 Å². The monoisotopic (exact) mass is 383 g/mol. The van der Waals surface area contributed by atoms with Gasteiger partial charge < -0.3 is 15.0 Å². The minimum atomic E-state index is -4.24. The third kappa shape index (κ3) is 3.59. The molecule has 3 aliphatic heterocycles. The van der Waals surface area contributed by atoms with Gasteiger partial charge in [0.2, 0.25) is 0 Å². The first-order valence-electron chi connectivity index (χ1n) is 9.53. The van der Waals surface area contributed by atoms with Crippen LogP contribution in [-0.4, -0.2) is 55.9 Å². The number of ether oxygens (including phenoxy) is 1. The van der Waals surface area contributed by atoms with Crippen LogP contribution in [0.3, 0.4) is 0 Å². The van der Waals surface area contributed by atoms with E-state index in [2.05, 4.69) is 5.32 Å². The zero-order valence-corrected chi connectivity index (χ0v) is 15.0. The molecule has 148 valence electrons. The number of alkyl halides is 3. The second-order valence-electron chi connectivity index (χ2n) is 7.52. The lowest BCUT2D eigenvalue weighted by atomic mass is 9.79. The Balaban J connectivity index is 1.46. The van der Waals surface area contributed by atoms with Gasteiger partial charge in [-0.3, -0.25) is 4.90 Å². The normalized spacial score (nSPS) is 28.6. The van der Waals surface area contributed by atoms with Crippen molar-refractivity contribution < 1.29 is 22.7 Å². The Morgan fingerprint density at radius 3 is 2.81 bits per heavy atom. The van der Waals surface area contributed by atoms with Gasteiger partial charge in [0, 0.05) is 13.1 Å². The summed E-state index contributed by atoms with van der Waals surface area (Å²) < 4.78 is 45.8. The maximum Gasteiger partial charge on any atom is 0.404 e. The number of amides is 2. The molecule has 3 atom stereocenters. The van der Waals surface area contributed by atoms with Gasteiger partial charge in [0.15, 0.2) is 0 Å². The Morgan fingerprint density at radius 2 is 2.00 bits per heavy atom. The summed E-state index contributed by atoms with van der Waals surface area (Å²) in [7, 11) is 0. The Kier molecular flexibility index (Phi) is 4.92. The minimum absolute atomic E-state index is 0.121. The fourth-order valence-electron chi connectivity index (χ4n) is 4.63. The highest BCUT2D eigenvalue weighted by molar-refractivity contribution is 5.94. The lowest BCUT2D eigenvalue weighted by Crippen LogP contribution is -2.53. The molecule has 5 nitrogen and oxygen atoms in total. The van der Waals surface area contributed by atoms with Crippen molar-refractivity contribution in [2.75, 3.05) is 37.7 Å². The number of likely N-dealkylation sites (tertiary alicyclic amines) is 1. The third-order valence-electron chi connectivity index (χ3n) is 5.92. The molecule has 1 N–H and O–H groups in total. The summed E-state index contributed by atoms with van der Waals surface area (Å²) in [6.45, 7) is 2.16. The number of para-hydroxylation sites is 2. The topological polar surface area (TPSA) is 44.8 Å². The second kappa shape index (κ2) is 7.22. The molecule has 8 heteroatoms. The van der Waals surface area contributed by atoms with E-state index in [4.69, 9.17) is 4.74 Å². The molecule has 1 aromatic carbocycles. The van der Waals surface area contributed by atoms with E-state index in [-0.39, 0.29) is 11.9 Å². The summed E-state index contributed by atoms with van der Waals surface area (Å²) in [6.07, 6.45) is -2.31. The molecule has 2 fully saturated rings. The van der Waals surface area contributed by atoms with E-state index >= 15 is 0 Å². The lowest BCUT2D eigenvalue weighted by Gasteiger charge is -2.37. The molecule has 3 heterocycles. The van der Waals surface area contributed by atoms with E-state index in [9.17, 15) is 18.0 Å². The number of urea groups is 1. The third-order valence-corrected chi connectivity index (χ3v) is 5.92. The van der Waals surface area contributed by atoms with Crippen LogP contribution >= 0.6 is 0 Å². The number of carbonyl (C=O) groups excluding carboxylic acids is 1. The molecule has 0 spiro atoms. The van der Waals surface area contributed by atoms with Gasteiger partial charge in [-0.15, -0.1) is 0 Å². The maximum absolute atomic E-state index is 13.4. The lowest BCUT2D eigenvalue weighted by molar-refractivity contribution is -0.176. The van der Waals surface area contributed by atoms with Gasteiger partial charge in [-0.05, 0) is 49.8 Å². The molecule has 3 aliphatic rings. The van der Waals surface area contributed by atoms with Gasteiger partial charge in [-0.1, -0.05) is 12.1 Å². The number of halogens is 3. The number of anilines is 1. The molecule has 27 heavy (non-hydrogen) atoms. The van der Waals surface area contributed by atoms with E-state index in [1.54, 1.807) is 9.80 Å². The quantitative estimate of drug-likeness (QED) is 0.810. The Hall–Kier alpha value is -1.96. The van der Waals surface area contributed by atoms with Crippen LogP contribution in [0.25, 0.3) is 0 Å². The van der Waals surface area contributed by atoms with Gasteiger partial charge in [0.25, 0.3) is 0 Å². The molecule has 0 radical (unpaired) electrons. The number of carbonyl (C=O) groups is 1. The molecule has 4 rings (SSSR count).